The third kappa shape index (κ3) is 3.51. The molecular formula is C14H29NO4SSi. The van der Waals surface area contributed by atoms with E-state index in [1.807, 2.05) is 0 Å². The minimum Gasteiger partial charge on any atom is -0.416 e. The van der Waals surface area contributed by atoms with Gasteiger partial charge in [-0.2, -0.15) is 0 Å². The molecule has 1 saturated heterocycles. The third-order valence-corrected chi connectivity index (χ3v) is 11.9. The number of β-lactam (4-membered cyclic amide) rings is 1. The first-order valence-electron chi connectivity index (χ1n) is 7.29. The Morgan fingerprint density at radius 3 is 1.95 bits per heavy atom. The molecule has 0 saturated carbocycles. The fourth-order valence-corrected chi connectivity index (χ4v) is 4.44. The van der Waals surface area contributed by atoms with Crippen LogP contribution < -0.4 is 5.32 Å². The molecule has 5 nitrogen and oxygen atoms in total. The van der Waals surface area contributed by atoms with Crippen molar-refractivity contribution in [3.05, 3.63) is 0 Å². The lowest BCUT2D eigenvalue weighted by Crippen LogP contribution is -2.66. The maximum absolute atomic E-state index is 12.5. The number of rotatable bonds is 4. The van der Waals surface area contributed by atoms with Gasteiger partial charge in [0.15, 0.2) is 18.2 Å². The quantitative estimate of drug-likeness (QED) is 0.632. The van der Waals surface area contributed by atoms with Gasteiger partial charge in [-0.3, -0.25) is 4.79 Å². The number of sulfone groups is 1. The molecule has 0 aromatic heterocycles. The van der Waals surface area contributed by atoms with Crippen LogP contribution in [0.2, 0.25) is 18.1 Å². The molecule has 1 aliphatic heterocycles. The Labute approximate surface area is 129 Å². The maximum atomic E-state index is 12.5. The van der Waals surface area contributed by atoms with E-state index in [0.717, 1.165) is 0 Å². The monoisotopic (exact) mass is 335 g/mol. The van der Waals surface area contributed by atoms with Crippen LogP contribution in [0, 0.1) is 5.92 Å². The average molecular weight is 336 g/mol. The Bertz CT molecular complexity index is 514. The number of nitrogens with one attached hydrogen (secondary N) is 1. The summed E-state index contributed by atoms with van der Waals surface area (Å²) in [6, 6.07) is 0. The van der Waals surface area contributed by atoms with E-state index in [9.17, 15) is 13.2 Å². The fraction of sp³-hybridized carbons (Fsp3) is 0.929. The van der Waals surface area contributed by atoms with Crippen LogP contribution in [0.1, 0.15) is 41.5 Å². The molecule has 1 rings (SSSR count). The van der Waals surface area contributed by atoms with Gasteiger partial charge in [-0.05, 0) is 38.9 Å². The summed E-state index contributed by atoms with van der Waals surface area (Å²) in [5, 5.41) is 1.73. The minimum atomic E-state index is -3.42. The highest BCUT2D eigenvalue weighted by molar-refractivity contribution is 7.93. The summed E-state index contributed by atoms with van der Waals surface area (Å²) in [5.41, 5.74) is 0. The van der Waals surface area contributed by atoms with Crippen LogP contribution in [0.15, 0.2) is 0 Å². The zero-order valence-electron chi connectivity index (χ0n) is 14.4. The third-order valence-electron chi connectivity index (χ3n) is 4.60. The summed E-state index contributed by atoms with van der Waals surface area (Å²) < 4.78 is 30.0. The van der Waals surface area contributed by atoms with Gasteiger partial charge in [0.25, 0.3) is 0 Å². The first-order chi connectivity index (χ1) is 9.11. The van der Waals surface area contributed by atoms with Gasteiger partial charge in [0.2, 0.25) is 5.91 Å². The second kappa shape index (κ2) is 5.35. The van der Waals surface area contributed by atoms with Crippen LogP contribution in [0.4, 0.5) is 0 Å². The van der Waals surface area contributed by atoms with Gasteiger partial charge in [-0.15, -0.1) is 0 Å². The lowest BCUT2D eigenvalue weighted by Gasteiger charge is -2.42. The number of amides is 1. The lowest BCUT2D eigenvalue weighted by atomic mass is 10.0. The Morgan fingerprint density at radius 1 is 1.14 bits per heavy atom. The second-order valence-corrected chi connectivity index (χ2v) is 15.9. The van der Waals surface area contributed by atoms with E-state index in [1.165, 1.54) is 0 Å². The molecule has 0 spiro atoms. The topological polar surface area (TPSA) is 72.5 Å². The summed E-state index contributed by atoms with van der Waals surface area (Å²) in [4.78, 5) is 11.7. The molecule has 0 radical (unpaired) electrons. The number of carbonyl (C=O) groups excluding carboxylic acids is 1. The first kappa shape index (κ1) is 18.6. The summed E-state index contributed by atoms with van der Waals surface area (Å²) in [7, 11) is -5.41. The predicted molar refractivity (Wildman–Crippen MR) is 87.2 cm³/mol. The van der Waals surface area contributed by atoms with Crippen molar-refractivity contribution in [2.45, 2.75) is 69.8 Å². The van der Waals surface area contributed by atoms with Crippen LogP contribution in [0.25, 0.3) is 0 Å². The minimum absolute atomic E-state index is 0.0334. The van der Waals surface area contributed by atoms with E-state index in [-0.39, 0.29) is 17.6 Å². The Hall–Kier alpha value is -0.403. The van der Waals surface area contributed by atoms with Gasteiger partial charge in [0.1, 0.15) is 5.37 Å². The zero-order valence-corrected chi connectivity index (χ0v) is 16.2. The number of hydrogen-bond donors (Lipinski definition) is 1. The lowest BCUT2D eigenvalue weighted by molar-refractivity contribution is -0.134. The SMILES string of the molecule is CC(C)(C)[Si](C)(C)OC[C@H]1C(=O)N[C@@H]1S(=O)(=O)C(C)(C)C. The van der Waals surface area contributed by atoms with Crippen LogP contribution in [0.3, 0.4) is 0 Å². The maximum Gasteiger partial charge on any atom is 0.229 e. The van der Waals surface area contributed by atoms with E-state index in [0.29, 0.717) is 0 Å². The molecule has 1 amide bonds. The van der Waals surface area contributed by atoms with Crippen molar-refractivity contribution < 1.29 is 17.6 Å². The van der Waals surface area contributed by atoms with Crippen LogP contribution in [0.5, 0.6) is 0 Å². The Balaban J connectivity index is 2.83. The van der Waals surface area contributed by atoms with E-state index in [2.05, 4.69) is 39.2 Å². The molecule has 21 heavy (non-hydrogen) atoms. The molecule has 7 heteroatoms. The fourth-order valence-electron chi connectivity index (χ4n) is 1.74. The largest absolute Gasteiger partial charge is 0.416 e. The van der Waals surface area contributed by atoms with Gasteiger partial charge in [-0.1, -0.05) is 20.8 Å². The van der Waals surface area contributed by atoms with Crippen molar-refractivity contribution in [3.63, 3.8) is 0 Å². The first-order valence-corrected chi connectivity index (χ1v) is 11.7. The van der Waals surface area contributed by atoms with E-state index in [1.54, 1.807) is 20.8 Å². The van der Waals surface area contributed by atoms with Crippen molar-refractivity contribution in [1.82, 2.24) is 5.32 Å². The average Bonchev–Trinajstić information content (AvgIpc) is 2.22. The smallest absolute Gasteiger partial charge is 0.229 e. The normalized spacial score (nSPS) is 24.5. The van der Waals surface area contributed by atoms with Crippen molar-refractivity contribution in [1.29, 1.82) is 0 Å². The molecule has 0 aromatic rings. The van der Waals surface area contributed by atoms with Gasteiger partial charge >= 0.3 is 0 Å². The van der Waals surface area contributed by atoms with Crippen molar-refractivity contribution in [2.24, 2.45) is 5.92 Å². The van der Waals surface area contributed by atoms with Crippen molar-refractivity contribution in [2.75, 3.05) is 6.61 Å². The highest BCUT2D eigenvalue weighted by Crippen LogP contribution is 2.38. The molecule has 0 unspecified atom stereocenters. The zero-order chi connectivity index (χ0) is 16.9. The molecule has 1 aliphatic rings. The van der Waals surface area contributed by atoms with Gasteiger partial charge in [0.05, 0.1) is 10.7 Å². The molecule has 0 bridgehead atoms. The van der Waals surface area contributed by atoms with Gasteiger partial charge in [0, 0.05) is 6.61 Å². The van der Waals surface area contributed by atoms with E-state index in [4.69, 9.17) is 4.43 Å². The van der Waals surface area contributed by atoms with Gasteiger partial charge < -0.3 is 9.74 Å². The molecular weight excluding hydrogens is 306 g/mol. The molecule has 1 N–H and O–H groups in total. The second-order valence-electron chi connectivity index (χ2n) is 8.26. The number of carbonyl (C=O) groups is 1. The van der Waals surface area contributed by atoms with Gasteiger partial charge in [-0.25, -0.2) is 8.42 Å². The van der Waals surface area contributed by atoms with Crippen LogP contribution in [-0.4, -0.2) is 39.4 Å². The molecule has 124 valence electrons. The van der Waals surface area contributed by atoms with Crippen LogP contribution in [-0.2, 0) is 19.1 Å². The summed E-state index contributed by atoms with van der Waals surface area (Å²) in [5.74, 6) is -0.824. The molecule has 0 aromatic carbocycles. The Kier molecular flexibility index (Phi) is 4.75. The highest BCUT2D eigenvalue weighted by atomic mass is 32.2. The standard InChI is InChI=1S/C14H29NO4SSi/c1-13(2,3)20(17,18)12-10(11(16)15-12)9-19-21(7,8)14(4,5)6/h10,12H,9H2,1-8H3,(H,15,16)/t10-,12+/m0/s1. The molecule has 2 atom stereocenters. The molecule has 1 fully saturated rings. The predicted octanol–water partition coefficient (Wildman–Crippen LogP) is 2.29. The van der Waals surface area contributed by atoms with E-state index >= 15 is 0 Å². The summed E-state index contributed by atoms with van der Waals surface area (Å²) in [6.45, 7) is 15.7. The molecule has 0 aliphatic carbocycles. The molecule has 1 heterocycles. The summed E-state index contributed by atoms with van der Waals surface area (Å²) >= 11 is 0. The Morgan fingerprint density at radius 2 is 1.62 bits per heavy atom. The van der Waals surface area contributed by atoms with E-state index < -0.39 is 34.2 Å². The highest BCUT2D eigenvalue weighted by Gasteiger charge is 2.52. The van der Waals surface area contributed by atoms with Crippen molar-refractivity contribution >= 4 is 24.1 Å². The number of hydrogen-bond acceptors (Lipinski definition) is 4. The summed E-state index contributed by atoms with van der Waals surface area (Å²) in [6.07, 6.45) is 0. The van der Waals surface area contributed by atoms with Crippen LogP contribution >= 0.6 is 0 Å². The van der Waals surface area contributed by atoms with Crippen molar-refractivity contribution in [3.8, 4) is 0 Å².